The largest absolute Gasteiger partial charge is 0.361 e. The Morgan fingerprint density at radius 2 is 2.11 bits per heavy atom. The van der Waals surface area contributed by atoms with Crippen molar-refractivity contribution < 1.29 is 8.42 Å². The van der Waals surface area contributed by atoms with Crippen LogP contribution >= 0.6 is 11.3 Å². The van der Waals surface area contributed by atoms with Crippen LogP contribution in [0.4, 0.5) is 5.13 Å². The number of fused-ring (bicyclic) bond motifs is 1. The standard InChI is InChI=1S/C12H17N3O2S2/c1-9-5-3-6-10-11(9)15-12(18-10)13-7-4-8-14-19(2,16)17/h3,5-6,14H,4,7-8H2,1-2H3,(H,13,15). The number of hydrogen-bond acceptors (Lipinski definition) is 5. The Morgan fingerprint density at radius 1 is 1.32 bits per heavy atom. The summed E-state index contributed by atoms with van der Waals surface area (Å²) in [7, 11) is -3.09. The molecule has 2 aromatic rings. The molecule has 0 atom stereocenters. The van der Waals surface area contributed by atoms with Crippen molar-refractivity contribution in [3.63, 3.8) is 0 Å². The van der Waals surface area contributed by atoms with E-state index in [0.717, 1.165) is 28.0 Å². The van der Waals surface area contributed by atoms with Crippen LogP contribution in [0.15, 0.2) is 18.2 Å². The first-order valence-electron chi connectivity index (χ1n) is 6.00. The van der Waals surface area contributed by atoms with Crippen molar-refractivity contribution in [2.75, 3.05) is 24.7 Å². The Morgan fingerprint density at radius 3 is 2.79 bits per heavy atom. The van der Waals surface area contributed by atoms with Crippen LogP contribution in [0.5, 0.6) is 0 Å². The van der Waals surface area contributed by atoms with E-state index in [9.17, 15) is 8.42 Å². The summed E-state index contributed by atoms with van der Waals surface area (Å²) < 4.78 is 25.4. The zero-order chi connectivity index (χ0) is 13.9. The number of sulfonamides is 1. The maximum Gasteiger partial charge on any atom is 0.208 e. The Bertz CT molecular complexity index is 665. The average Bonchev–Trinajstić information content (AvgIpc) is 2.71. The maximum atomic E-state index is 10.9. The van der Waals surface area contributed by atoms with Gasteiger partial charge >= 0.3 is 0 Å². The average molecular weight is 299 g/mol. The maximum absolute atomic E-state index is 10.9. The smallest absolute Gasteiger partial charge is 0.208 e. The molecule has 5 nitrogen and oxygen atoms in total. The number of hydrogen-bond donors (Lipinski definition) is 2. The third-order valence-electron chi connectivity index (χ3n) is 2.61. The number of para-hydroxylation sites is 1. The molecule has 0 radical (unpaired) electrons. The lowest BCUT2D eigenvalue weighted by molar-refractivity contribution is 0.586. The molecule has 19 heavy (non-hydrogen) atoms. The predicted molar refractivity (Wildman–Crippen MR) is 80.3 cm³/mol. The molecule has 0 bridgehead atoms. The van der Waals surface area contributed by atoms with E-state index in [1.54, 1.807) is 11.3 Å². The van der Waals surface area contributed by atoms with Gasteiger partial charge < -0.3 is 5.32 Å². The number of rotatable bonds is 6. The van der Waals surface area contributed by atoms with Gasteiger partial charge in [-0.15, -0.1) is 0 Å². The minimum absolute atomic E-state index is 0.440. The highest BCUT2D eigenvalue weighted by molar-refractivity contribution is 7.88. The van der Waals surface area contributed by atoms with Gasteiger partial charge in [-0.3, -0.25) is 0 Å². The molecule has 0 spiro atoms. The predicted octanol–water partition coefficient (Wildman–Crippen LogP) is 1.96. The first-order chi connectivity index (χ1) is 8.96. The number of benzene rings is 1. The molecule has 0 saturated carbocycles. The van der Waals surface area contributed by atoms with Gasteiger partial charge in [-0.1, -0.05) is 23.5 Å². The lowest BCUT2D eigenvalue weighted by Crippen LogP contribution is -2.24. The van der Waals surface area contributed by atoms with E-state index in [2.05, 4.69) is 21.1 Å². The van der Waals surface area contributed by atoms with Crippen LogP contribution in [0.2, 0.25) is 0 Å². The Kier molecular flexibility index (Phi) is 4.38. The molecule has 0 unspecified atom stereocenters. The summed E-state index contributed by atoms with van der Waals surface area (Å²) in [4.78, 5) is 4.53. The van der Waals surface area contributed by atoms with Crippen molar-refractivity contribution >= 4 is 36.7 Å². The normalized spacial score (nSPS) is 11.9. The molecule has 1 aromatic carbocycles. The lowest BCUT2D eigenvalue weighted by Gasteiger charge is -2.03. The quantitative estimate of drug-likeness (QED) is 0.800. The molecule has 104 valence electrons. The second kappa shape index (κ2) is 5.85. The van der Waals surface area contributed by atoms with Crippen LogP contribution in [-0.2, 0) is 10.0 Å². The monoisotopic (exact) mass is 299 g/mol. The van der Waals surface area contributed by atoms with Crippen molar-refractivity contribution in [3.05, 3.63) is 23.8 Å². The van der Waals surface area contributed by atoms with Gasteiger partial charge in [0.05, 0.1) is 16.5 Å². The fourth-order valence-corrected chi connectivity index (χ4v) is 3.19. The van der Waals surface area contributed by atoms with Crippen molar-refractivity contribution in [2.45, 2.75) is 13.3 Å². The van der Waals surface area contributed by atoms with Gasteiger partial charge in [-0.05, 0) is 25.0 Å². The van der Waals surface area contributed by atoms with E-state index in [4.69, 9.17) is 0 Å². The lowest BCUT2D eigenvalue weighted by atomic mass is 10.2. The van der Waals surface area contributed by atoms with Gasteiger partial charge in [0.15, 0.2) is 5.13 Å². The highest BCUT2D eigenvalue weighted by Crippen LogP contribution is 2.27. The molecule has 2 rings (SSSR count). The van der Waals surface area contributed by atoms with E-state index < -0.39 is 10.0 Å². The Labute approximate surface area is 117 Å². The Balaban J connectivity index is 1.87. The van der Waals surface area contributed by atoms with Crippen molar-refractivity contribution in [1.82, 2.24) is 9.71 Å². The van der Waals surface area contributed by atoms with Crippen molar-refractivity contribution in [2.24, 2.45) is 0 Å². The summed E-state index contributed by atoms with van der Waals surface area (Å²) in [5.41, 5.74) is 2.20. The summed E-state index contributed by atoms with van der Waals surface area (Å²) in [6.45, 7) is 3.18. The van der Waals surface area contributed by atoms with Crippen LogP contribution in [-0.4, -0.2) is 32.7 Å². The second-order valence-electron chi connectivity index (χ2n) is 4.39. The number of aromatic nitrogens is 1. The topological polar surface area (TPSA) is 71.1 Å². The highest BCUT2D eigenvalue weighted by Gasteiger charge is 2.05. The summed E-state index contributed by atoms with van der Waals surface area (Å²) in [5.74, 6) is 0. The number of aryl methyl sites for hydroxylation is 1. The summed E-state index contributed by atoms with van der Waals surface area (Å²) in [6, 6.07) is 6.12. The number of thiazole rings is 1. The first-order valence-corrected chi connectivity index (χ1v) is 8.71. The number of nitrogens with one attached hydrogen (secondary N) is 2. The molecule has 0 fully saturated rings. The molecule has 7 heteroatoms. The van der Waals surface area contributed by atoms with Crippen LogP contribution in [0.25, 0.3) is 10.2 Å². The molecule has 1 heterocycles. The molecule has 0 amide bonds. The van der Waals surface area contributed by atoms with Gasteiger partial charge in [0.2, 0.25) is 10.0 Å². The third kappa shape index (κ3) is 4.15. The van der Waals surface area contributed by atoms with Crippen LogP contribution in [0.1, 0.15) is 12.0 Å². The van der Waals surface area contributed by atoms with Crippen LogP contribution in [0.3, 0.4) is 0 Å². The van der Waals surface area contributed by atoms with Gasteiger partial charge in [-0.2, -0.15) is 0 Å². The van der Waals surface area contributed by atoms with E-state index in [-0.39, 0.29) is 0 Å². The van der Waals surface area contributed by atoms with Gasteiger partial charge in [0.25, 0.3) is 0 Å². The van der Waals surface area contributed by atoms with Crippen LogP contribution in [0, 0.1) is 6.92 Å². The van der Waals surface area contributed by atoms with Crippen molar-refractivity contribution in [1.29, 1.82) is 0 Å². The zero-order valence-electron chi connectivity index (χ0n) is 10.9. The minimum Gasteiger partial charge on any atom is -0.361 e. The molecule has 0 saturated heterocycles. The molecular formula is C12H17N3O2S2. The van der Waals surface area contributed by atoms with E-state index >= 15 is 0 Å². The SMILES string of the molecule is Cc1cccc2sc(NCCCNS(C)(=O)=O)nc12. The third-order valence-corrected chi connectivity index (χ3v) is 4.32. The second-order valence-corrected chi connectivity index (χ2v) is 7.25. The minimum atomic E-state index is -3.09. The first kappa shape index (κ1) is 14.2. The molecule has 0 aliphatic rings. The fraction of sp³-hybridized carbons (Fsp3) is 0.417. The summed E-state index contributed by atoms with van der Waals surface area (Å²) >= 11 is 1.61. The molecule has 0 aliphatic heterocycles. The van der Waals surface area contributed by atoms with Crippen LogP contribution < -0.4 is 10.0 Å². The molecule has 1 aromatic heterocycles. The zero-order valence-corrected chi connectivity index (χ0v) is 12.6. The highest BCUT2D eigenvalue weighted by atomic mass is 32.2. The van der Waals surface area contributed by atoms with E-state index in [0.29, 0.717) is 13.1 Å². The number of anilines is 1. The molecule has 2 N–H and O–H groups in total. The van der Waals surface area contributed by atoms with Crippen molar-refractivity contribution in [3.8, 4) is 0 Å². The van der Waals surface area contributed by atoms with Gasteiger partial charge in [0, 0.05) is 13.1 Å². The summed E-state index contributed by atoms with van der Waals surface area (Å²) in [6.07, 6.45) is 1.89. The molecular weight excluding hydrogens is 282 g/mol. The fourth-order valence-electron chi connectivity index (χ4n) is 1.70. The molecule has 0 aliphatic carbocycles. The summed E-state index contributed by atoms with van der Waals surface area (Å²) in [5, 5.41) is 4.10. The van der Waals surface area contributed by atoms with Gasteiger partial charge in [-0.25, -0.2) is 18.1 Å². The van der Waals surface area contributed by atoms with E-state index in [1.165, 1.54) is 5.56 Å². The van der Waals surface area contributed by atoms with E-state index in [1.807, 2.05) is 19.1 Å². The number of nitrogens with zero attached hydrogens (tertiary/aromatic N) is 1. The Hall–Kier alpha value is -1.18. The van der Waals surface area contributed by atoms with Gasteiger partial charge in [0.1, 0.15) is 0 Å².